The monoisotopic (exact) mass is 287 g/mol. The maximum Gasteiger partial charge on any atom is 0.115 e. The molecular formula is C18H25NO2. The molecule has 2 N–H and O–H groups in total. The summed E-state index contributed by atoms with van der Waals surface area (Å²) in [5.41, 5.74) is 1.28. The normalized spacial score (nSPS) is 35.4. The molecule has 2 aliphatic rings. The van der Waals surface area contributed by atoms with Crippen LogP contribution >= 0.6 is 0 Å². The Kier molecular flexibility index (Phi) is 3.58. The number of phenolic OH excluding ortho intramolecular Hbond substituents is 1. The minimum atomic E-state index is -0.854. The van der Waals surface area contributed by atoms with Gasteiger partial charge in [0.2, 0.25) is 0 Å². The number of hydrogen-bond acceptors (Lipinski definition) is 3. The molecule has 1 aromatic carbocycles. The third kappa shape index (κ3) is 2.29. The van der Waals surface area contributed by atoms with E-state index in [0.29, 0.717) is 5.92 Å². The van der Waals surface area contributed by atoms with Gasteiger partial charge in [-0.25, -0.2) is 0 Å². The molecule has 0 heterocycles. The van der Waals surface area contributed by atoms with Gasteiger partial charge in [-0.15, -0.1) is 0 Å². The van der Waals surface area contributed by atoms with Gasteiger partial charge in [-0.05, 0) is 57.0 Å². The maximum absolute atomic E-state index is 11.6. The number of hydrogen-bond donors (Lipinski definition) is 2. The maximum atomic E-state index is 11.6. The largest absolute Gasteiger partial charge is 0.508 e. The molecule has 0 radical (unpaired) electrons. The van der Waals surface area contributed by atoms with Crippen LogP contribution in [-0.2, 0) is 5.60 Å². The molecule has 4 atom stereocenters. The lowest BCUT2D eigenvalue weighted by Gasteiger charge is -2.57. The lowest BCUT2D eigenvalue weighted by molar-refractivity contribution is -0.143. The molecule has 0 saturated heterocycles. The van der Waals surface area contributed by atoms with Crippen molar-refractivity contribution in [3.05, 3.63) is 42.0 Å². The van der Waals surface area contributed by atoms with Gasteiger partial charge in [0.15, 0.2) is 0 Å². The van der Waals surface area contributed by atoms with Crippen LogP contribution in [0.25, 0.3) is 0 Å². The standard InChI is InChI=1S/C18H25NO2/c1-12-9-17-16(12)8-7-14(11-19(2)3)18(17,21)13-5-4-6-15(20)10-13/h4-6,10,14,16-17,20-21H,1,7-9,11H2,2-3H3. The van der Waals surface area contributed by atoms with E-state index in [0.717, 1.165) is 31.4 Å². The Balaban J connectivity index is 2.00. The van der Waals surface area contributed by atoms with Crippen LogP contribution < -0.4 is 0 Å². The average Bonchev–Trinajstić information content (AvgIpc) is 2.41. The van der Waals surface area contributed by atoms with Crippen LogP contribution in [0.5, 0.6) is 5.75 Å². The molecule has 2 fully saturated rings. The Morgan fingerprint density at radius 3 is 2.71 bits per heavy atom. The first-order chi connectivity index (χ1) is 9.92. The molecule has 3 heteroatoms. The SMILES string of the molecule is C=C1CC2C1CCC(CN(C)C)C2(O)c1cccc(O)c1. The third-order valence-corrected chi connectivity index (χ3v) is 5.40. The number of phenols is 1. The van der Waals surface area contributed by atoms with Crippen molar-refractivity contribution in [2.45, 2.75) is 24.9 Å². The highest BCUT2D eigenvalue weighted by molar-refractivity contribution is 5.36. The average molecular weight is 287 g/mol. The second-order valence-electron chi connectivity index (χ2n) is 6.99. The molecular weight excluding hydrogens is 262 g/mol. The summed E-state index contributed by atoms with van der Waals surface area (Å²) in [5, 5.41) is 21.4. The summed E-state index contributed by atoms with van der Waals surface area (Å²) < 4.78 is 0. The van der Waals surface area contributed by atoms with Gasteiger partial charge in [0, 0.05) is 18.4 Å². The number of nitrogens with zero attached hydrogens (tertiary/aromatic N) is 1. The van der Waals surface area contributed by atoms with Crippen LogP contribution in [0.4, 0.5) is 0 Å². The van der Waals surface area contributed by atoms with E-state index in [9.17, 15) is 10.2 Å². The van der Waals surface area contributed by atoms with Gasteiger partial charge in [-0.2, -0.15) is 0 Å². The Labute approximate surface area is 126 Å². The molecule has 0 spiro atoms. The van der Waals surface area contributed by atoms with Crippen LogP contribution in [0, 0.1) is 17.8 Å². The van der Waals surface area contributed by atoms with Crippen LogP contribution in [0.2, 0.25) is 0 Å². The highest BCUT2D eigenvalue weighted by Gasteiger charge is 2.56. The summed E-state index contributed by atoms with van der Waals surface area (Å²) in [6.07, 6.45) is 3.04. The number of benzene rings is 1. The van der Waals surface area contributed by atoms with E-state index in [2.05, 4.69) is 25.6 Å². The zero-order valence-corrected chi connectivity index (χ0v) is 12.9. The molecule has 2 saturated carbocycles. The van der Waals surface area contributed by atoms with Crippen molar-refractivity contribution in [1.29, 1.82) is 0 Å². The lowest BCUT2D eigenvalue weighted by atomic mass is 9.51. The Morgan fingerprint density at radius 1 is 1.33 bits per heavy atom. The first kappa shape index (κ1) is 14.6. The van der Waals surface area contributed by atoms with Crippen molar-refractivity contribution in [3.63, 3.8) is 0 Å². The van der Waals surface area contributed by atoms with E-state index < -0.39 is 5.60 Å². The van der Waals surface area contributed by atoms with E-state index in [1.807, 2.05) is 12.1 Å². The summed E-state index contributed by atoms with van der Waals surface area (Å²) >= 11 is 0. The summed E-state index contributed by atoms with van der Waals surface area (Å²) in [6.45, 7) is 5.00. The molecule has 0 aromatic heterocycles. The summed E-state index contributed by atoms with van der Waals surface area (Å²) in [7, 11) is 4.10. The smallest absolute Gasteiger partial charge is 0.115 e. The van der Waals surface area contributed by atoms with E-state index in [1.165, 1.54) is 5.57 Å². The number of aliphatic hydroxyl groups is 1. The summed E-state index contributed by atoms with van der Waals surface area (Å²) in [4.78, 5) is 2.15. The van der Waals surface area contributed by atoms with Gasteiger partial charge < -0.3 is 15.1 Å². The molecule has 3 nitrogen and oxygen atoms in total. The topological polar surface area (TPSA) is 43.7 Å². The summed E-state index contributed by atoms with van der Waals surface area (Å²) in [5.74, 6) is 1.11. The van der Waals surface area contributed by atoms with Gasteiger partial charge in [0.25, 0.3) is 0 Å². The Morgan fingerprint density at radius 2 is 2.10 bits per heavy atom. The number of allylic oxidation sites excluding steroid dienone is 1. The summed E-state index contributed by atoms with van der Waals surface area (Å²) in [6, 6.07) is 7.16. The number of fused-ring (bicyclic) bond motifs is 1. The van der Waals surface area contributed by atoms with Gasteiger partial charge in [0.05, 0.1) is 5.60 Å². The molecule has 3 rings (SSSR count). The minimum absolute atomic E-state index is 0.198. The Bertz CT molecular complexity index is 554. The van der Waals surface area contributed by atoms with Crippen molar-refractivity contribution in [2.24, 2.45) is 17.8 Å². The number of aromatic hydroxyl groups is 1. The van der Waals surface area contributed by atoms with Gasteiger partial charge in [-0.3, -0.25) is 0 Å². The van der Waals surface area contributed by atoms with Crippen molar-refractivity contribution >= 4 is 0 Å². The van der Waals surface area contributed by atoms with E-state index in [4.69, 9.17) is 0 Å². The number of rotatable bonds is 3. The zero-order valence-electron chi connectivity index (χ0n) is 12.9. The fourth-order valence-electron chi connectivity index (χ4n) is 4.35. The van der Waals surface area contributed by atoms with Crippen molar-refractivity contribution in [3.8, 4) is 5.75 Å². The van der Waals surface area contributed by atoms with Crippen LogP contribution in [0.3, 0.4) is 0 Å². The van der Waals surface area contributed by atoms with E-state index in [-0.39, 0.29) is 17.6 Å². The van der Waals surface area contributed by atoms with Gasteiger partial charge in [0.1, 0.15) is 5.75 Å². The molecule has 0 aliphatic heterocycles. The highest BCUT2D eigenvalue weighted by atomic mass is 16.3. The van der Waals surface area contributed by atoms with Crippen molar-refractivity contribution < 1.29 is 10.2 Å². The predicted molar refractivity (Wildman–Crippen MR) is 84.0 cm³/mol. The minimum Gasteiger partial charge on any atom is -0.508 e. The van der Waals surface area contributed by atoms with Gasteiger partial charge >= 0.3 is 0 Å². The Hall–Kier alpha value is -1.32. The van der Waals surface area contributed by atoms with Gasteiger partial charge in [-0.1, -0.05) is 24.3 Å². The molecule has 0 bridgehead atoms. The van der Waals surface area contributed by atoms with Crippen LogP contribution in [0.1, 0.15) is 24.8 Å². The fourth-order valence-corrected chi connectivity index (χ4v) is 4.35. The van der Waals surface area contributed by atoms with Crippen LogP contribution in [0.15, 0.2) is 36.4 Å². The van der Waals surface area contributed by atoms with Crippen molar-refractivity contribution in [2.75, 3.05) is 20.6 Å². The highest BCUT2D eigenvalue weighted by Crippen LogP contribution is 2.59. The fraction of sp³-hybridized carbons (Fsp3) is 0.556. The molecule has 114 valence electrons. The van der Waals surface area contributed by atoms with E-state index in [1.54, 1.807) is 12.1 Å². The second-order valence-corrected chi connectivity index (χ2v) is 6.99. The van der Waals surface area contributed by atoms with Crippen LogP contribution in [-0.4, -0.2) is 35.8 Å². The molecule has 1 aromatic rings. The predicted octanol–water partition coefficient (Wildman–Crippen LogP) is 2.74. The first-order valence-electron chi connectivity index (χ1n) is 7.77. The zero-order chi connectivity index (χ0) is 15.2. The molecule has 0 amide bonds. The third-order valence-electron chi connectivity index (χ3n) is 5.40. The lowest BCUT2D eigenvalue weighted by Crippen LogP contribution is -2.56. The molecule has 21 heavy (non-hydrogen) atoms. The molecule has 2 aliphatic carbocycles. The molecule has 4 unspecified atom stereocenters. The quantitative estimate of drug-likeness (QED) is 0.840. The van der Waals surface area contributed by atoms with Crippen molar-refractivity contribution in [1.82, 2.24) is 4.90 Å². The first-order valence-corrected chi connectivity index (χ1v) is 7.77. The second kappa shape index (κ2) is 5.15. The van der Waals surface area contributed by atoms with E-state index >= 15 is 0 Å².